The zero-order chi connectivity index (χ0) is 15.0. The van der Waals surface area contributed by atoms with Gasteiger partial charge in [0.1, 0.15) is 6.35 Å². The van der Waals surface area contributed by atoms with E-state index >= 15 is 0 Å². The van der Waals surface area contributed by atoms with E-state index < -0.39 is 7.60 Å². The van der Waals surface area contributed by atoms with Gasteiger partial charge in [-0.1, -0.05) is 0 Å². The summed E-state index contributed by atoms with van der Waals surface area (Å²) < 4.78 is 34.1. The third kappa shape index (κ3) is 7.72. The van der Waals surface area contributed by atoms with Gasteiger partial charge in [-0.15, -0.1) is 0 Å². The molecular formula is C13H28NO5P. The molecule has 1 rings (SSSR count). The topological polar surface area (TPSA) is 57.2 Å². The maximum absolute atomic E-state index is 12.5. The molecule has 1 aliphatic rings. The van der Waals surface area contributed by atoms with Crippen LogP contribution in [0.15, 0.2) is 0 Å². The van der Waals surface area contributed by atoms with Gasteiger partial charge in [0.15, 0.2) is 0 Å². The molecule has 1 fully saturated rings. The molecule has 1 aliphatic heterocycles. The minimum atomic E-state index is -3.17. The van der Waals surface area contributed by atoms with Gasteiger partial charge in [0, 0.05) is 19.6 Å². The Hall–Kier alpha value is 0.0300. The van der Waals surface area contributed by atoms with Crippen molar-refractivity contribution in [2.45, 2.75) is 39.9 Å². The van der Waals surface area contributed by atoms with E-state index in [1.807, 2.05) is 27.7 Å². The van der Waals surface area contributed by atoms with Crippen molar-refractivity contribution in [2.24, 2.45) is 0 Å². The second-order valence-electron chi connectivity index (χ2n) is 5.41. The van der Waals surface area contributed by atoms with Gasteiger partial charge < -0.3 is 18.5 Å². The standard InChI is InChI=1S/C13H28NO5P/c1-12(2)18-20(15,19-13(3)4)11-17-10-7-14-5-8-16-9-6-14/h12-13H,5-11H2,1-4H3. The second kappa shape index (κ2) is 9.13. The first-order valence-electron chi connectivity index (χ1n) is 7.25. The smallest absolute Gasteiger partial charge is 0.356 e. The number of hydrogen-bond donors (Lipinski definition) is 0. The summed E-state index contributed by atoms with van der Waals surface area (Å²) >= 11 is 0. The molecule has 0 radical (unpaired) electrons. The molecule has 0 spiro atoms. The molecule has 6 nitrogen and oxygen atoms in total. The Balaban J connectivity index is 2.28. The molecule has 0 atom stereocenters. The molecule has 1 saturated heterocycles. The van der Waals surface area contributed by atoms with Gasteiger partial charge in [0.05, 0.1) is 32.0 Å². The van der Waals surface area contributed by atoms with Crippen LogP contribution in [-0.2, 0) is 23.1 Å². The van der Waals surface area contributed by atoms with E-state index in [1.165, 1.54) is 0 Å². The van der Waals surface area contributed by atoms with Crippen LogP contribution in [0.4, 0.5) is 0 Å². The zero-order valence-corrected chi connectivity index (χ0v) is 13.9. The molecule has 7 heteroatoms. The molecule has 0 saturated carbocycles. The van der Waals surface area contributed by atoms with Gasteiger partial charge in [-0.2, -0.15) is 0 Å². The number of morpholine rings is 1. The summed E-state index contributed by atoms with van der Waals surface area (Å²) in [5, 5.41) is 0. The molecule has 120 valence electrons. The highest BCUT2D eigenvalue weighted by Crippen LogP contribution is 2.50. The van der Waals surface area contributed by atoms with Crippen molar-refractivity contribution >= 4 is 7.60 Å². The summed E-state index contributed by atoms with van der Waals surface area (Å²) in [5.74, 6) is 0. The van der Waals surface area contributed by atoms with Crippen LogP contribution < -0.4 is 0 Å². The molecule has 0 bridgehead atoms. The van der Waals surface area contributed by atoms with Crippen LogP contribution in [0.1, 0.15) is 27.7 Å². The van der Waals surface area contributed by atoms with Crippen molar-refractivity contribution in [1.82, 2.24) is 4.90 Å². The van der Waals surface area contributed by atoms with Gasteiger partial charge in [0.2, 0.25) is 0 Å². The number of hydrogen-bond acceptors (Lipinski definition) is 6. The first kappa shape index (κ1) is 18.1. The molecule has 0 aromatic carbocycles. The summed E-state index contributed by atoms with van der Waals surface area (Å²) in [6.07, 6.45) is -0.293. The van der Waals surface area contributed by atoms with E-state index in [9.17, 15) is 4.57 Å². The van der Waals surface area contributed by atoms with Crippen LogP contribution in [0.2, 0.25) is 0 Å². The van der Waals surface area contributed by atoms with Gasteiger partial charge in [0.25, 0.3) is 0 Å². The number of ether oxygens (including phenoxy) is 2. The van der Waals surface area contributed by atoms with Gasteiger partial charge in [-0.3, -0.25) is 9.46 Å². The van der Waals surface area contributed by atoms with Crippen LogP contribution in [0.5, 0.6) is 0 Å². The Morgan fingerprint density at radius 3 is 2.15 bits per heavy atom. The molecular weight excluding hydrogens is 281 g/mol. The average molecular weight is 309 g/mol. The molecule has 0 aromatic heterocycles. The predicted molar refractivity (Wildman–Crippen MR) is 78.1 cm³/mol. The Bertz CT molecular complexity index is 291. The zero-order valence-electron chi connectivity index (χ0n) is 13.0. The lowest BCUT2D eigenvalue weighted by atomic mass is 10.4. The maximum Gasteiger partial charge on any atom is 0.356 e. The van der Waals surface area contributed by atoms with Crippen LogP contribution in [0.3, 0.4) is 0 Å². The first-order chi connectivity index (χ1) is 9.41. The van der Waals surface area contributed by atoms with Gasteiger partial charge in [-0.05, 0) is 27.7 Å². The minimum absolute atomic E-state index is 0.00764. The highest BCUT2D eigenvalue weighted by atomic mass is 31.2. The van der Waals surface area contributed by atoms with Crippen LogP contribution in [0, 0.1) is 0 Å². The molecule has 0 aromatic rings. The summed E-state index contributed by atoms with van der Waals surface area (Å²) in [7, 11) is -3.17. The van der Waals surface area contributed by atoms with Crippen molar-refractivity contribution in [2.75, 3.05) is 45.8 Å². The Kier molecular flexibility index (Phi) is 8.25. The van der Waals surface area contributed by atoms with Crippen molar-refractivity contribution < 1.29 is 23.1 Å². The van der Waals surface area contributed by atoms with Crippen molar-refractivity contribution in [3.05, 3.63) is 0 Å². The fraction of sp³-hybridized carbons (Fsp3) is 1.00. The number of rotatable bonds is 9. The van der Waals surface area contributed by atoms with E-state index in [0.29, 0.717) is 6.61 Å². The fourth-order valence-corrected chi connectivity index (χ4v) is 3.73. The van der Waals surface area contributed by atoms with E-state index in [4.69, 9.17) is 18.5 Å². The predicted octanol–water partition coefficient (Wildman–Crippen LogP) is 2.34. The third-order valence-electron chi connectivity index (χ3n) is 2.65. The molecule has 0 amide bonds. The van der Waals surface area contributed by atoms with Gasteiger partial charge >= 0.3 is 7.60 Å². The Morgan fingerprint density at radius 2 is 1.65 bits per heavy atom. The van der Waals surface area contributed by atoms with Crippen LogP contribution in [0.25, 0.3) is 0 Å². The highest BCUT2D eigenvalue weighted by Gasteiger charge is 2.28. The average Bonchev–Trinajstić information content (AvgIpc) is 2.34. The van der Waals surface area contributed by atoms with Crippen molar-refractivity contribution in [3.63, 3.8) is 0 Å². The lowest BCUT2D eigenvalue weighted by molar-refractivity contribution is 0.0217. The lowest BCUT2D eigenvalue weighted by Gasteiger charge is -2.27. The summed E-state index contributed by atoms with van der Waals surface area (Å²) in [5.41, 5.74) is 0. The quantitative estimate of drug-likeness (QED) is 0.481. The monoisotopic (exact) mass is 309 g/mol. The first-order valence-corrected chi connectivity index (χ1v) is 8.98. The molecule has 1 heterocycles. The largest absolute Gasteiger partial charge is 0.379 e. The highest BCUT2D eigenvalue weighted by molar-refractivity contribution is 7.53. The minimum Gasteiger partial charge on any atom is -0.379 e. The Morgan fingerprint density at radius 1 is 1.10 bits per heavy atom. The molecule has 0 N–H and O–H groups in total. The fourth-order valence-electron chi connectivity index (χ4n) is 1.92. The lowest BCUT2D eigenvalue weighted by Crippen LogP contribution is -2.38. The van der Waals surface area contributed by atoms with Crippen LogP contribution >= 0.6 is 7.60 Å². The van der Waals surface area contributed by atoms with E-state index in [0.717, 1.165) is 32.8 Å². The van der Waals surface area contributed by atoms with Gasteiger partial charge in [-0.25, -0.2) is 0 Å². The molecule has 20 heavy (non-hydrogen) atoms. The summed E-state index contributed by atoms with van der Waals surface area (Å²) in [4.78, 5) is 2.26. The third-order valence-corrected chi connectivity index (χ3v) is 4.63. The maximum atomic E-state index is 12.5. The van der Waals surface area contributed by atoms with Crippen molar-refractivity contribution in [3.8, 4) is 0 Å². The normalized spacial score (nSPS) is 18.1. The van der Waals surface area contributed by atoms with E-state index in [2.05, 4.69) is 4.90 Å². The number of nitrogens with zero attached hydrogens (tertiary/aromatic N) is 1. The van der Waals surface area contributed by atoms with E-state index in [-0.39, 0.29) is 18.6 Å². The SMILES string of the molecule is CC(C)OP(=O)(COCCN1CCOCC1)OC(C)C. The second-order valence-corrected chi connectivity index (χ2v) is 7.31. The van der Waals surface area contributed by atoms with Crippen LogP contribution in [-0.4, -0.2) is 62.9 Å². The van der Waals surface area contributed by atoms with E-state index in [1.54, 1.807) is 0 Å². The molecule has 0 unspecified atom stereocenters. The van der Waals surface area contributed by atoms with Crippen molar-refractivity contribution in [1.29, 1.82) is 0 Å². The summed E-state index contributed by atoms with van der Waals surface area (Å²) in [6.45, 7) is 12.1. The summed E-state index contributed by atoms with van der Waals surface area (Å²) in [6, 6.07) is 0. The molecule has 0 aliphatic carbocycles. The Labute approximate surface area is 122 Å².